The molecule has 0 saturated heterocycles. The van der Waals surface area contributed by atoms with Gasteiger partial charge in [0, 0.05) is 4.47 Å². The van der Waals surface area contributed by atoms with Gasteiger partial charge in [0.1, 0.15) is 4.90 Å². The first-order chi connectivity index (χ1) is 9.84. The second-order valence-corrected chi connectivity index (χ2v) is 8.86. The van der Waals surface area contributed by atoms with E-state index in [2.05, 4.69) is 15.9 Å². The molecular formula is C14H17BrClNO3S. The smallest absolute Gasteiger partial charge is 0.241 e. The molecule has 0 aliphatic heterocycles. The molecule has 2 saturated carbocycles. The van der Waals surface area contributed by atoms with Gasteiger partial charge in [-0.05, 0) is 49.1 Å². The van der Waals surface area contributed by atoms with Gasteiger partial charge in [-0.2, -0.15) is 0 Å². The fourth-order valence-electron chi connectivity index (χ4n) is 3.66. The Balaban J connectivity index is 1.81. The highest BCUT2D eigenvalue weighted by Crippen LogP contribution is 2.48. The van der Waals surface area contributed by atoms with E-state index in [0.29, 0.717) is 22.9 Å². The van der Waals surface area contributed by atoms with E-state index < -0.39 is 10.0 Å². The van der Waals surface area contributed by atoms with Crippen LogP contribution < -0.4 is 9.88 Å². The summed E-state index contributed by atoms with van der Waals surface area (Å²) >= 11 is 9.35. The molecule has 0 heterocycles. The number of halogens is 2. The lowest BCUT2D eigenvalue weighted by atomic mass is 9.89. The third-order valence-electron chi connectivity index (χ3n) is 4.61. The Morgan fingerprint density at radius 2 is 2.10 bits per heavy atom. The Bertz CT molecular complexity index is 664. The van der Waals surface area contributed by atoms with Crippen LogP contribution in [0.1, 0.15) is 25.7 Å². The highest BCUT2D eigenvalue weighted by molar-refractivity contribution is 9.10. The van der Waals surface area contributed by atoms with Gasteiger partial charge in [-0.1, -0.05) is 34.0 Å². The van der Waals surface area contributed by atoms with Crippen molar-refractivity contribution in [1.82, 2.24) is 0 Å². The van der Waals surface area contributed by atoms with E-state index in [1.807, 2.05) is 0 Å². The molecule has 3 unspecified atom stereocenters. The summed E-state index contributed by atoms with van der Waals surface area (Å²) in [4.78, 5) is -0.0648. The lowest BCUT2D eigenvalue weighted by Crippen LogP contribution is -2.20. The van der Waals surface area contributed by atoms with Crippen molar-refractivity contribution in [1.29, 1.82) is 0 Å². The summed E-state index contributed by atoms with van der Waals surface area (Å²) in [6.07, 6.45) is 5.03. The average Bonchev–Trinajstić information content (AvgIpc) is 2.98. The van der Waals surface area contributed by atoms with Crippen molar-refractivity contribution < 1.29 is 13.2 Å². The molecule has 1 aromatic carbocycles. The topological polar surface area (TPSA) is 69.4 Å². The van der Waals surface area contributed by atoms with Crippen LogP contribution in [0.3, 0.4) is 0 Å². The average molecular weight is 395 g/mol. The number of sulfonamides is 1. The molecule has 2 aliphatic carbocycles. The SMILES string of the molecule is NS(=O)(=O)c1cc(Br)cc(Cl)c1OCC1CC2CCC1C2. The van der Waals surface area contributed by atoms with E-state index >= 15 is 0 Å². The summed E-state index contributed by atoms with van der Waals surface area (Å²) in [7, 11) is -3.87. The first kappa shape index (κ1) is 15.6. The highest BCUT2D eigenvalue weighted by atomic mass is 79.9. The summed E-state index contributed by atoms with van der Waals surface area (Å²) in [5, 5.41) is 5.51. The lowest BCUT2D eigenvalue weighted by molar-refractivity contribution is 0.192. The number of hydrogen-bond acceptors (Lipinski definition) is 3. The van der Waals surface area contributed by atoms with Gasteiger partial charge in [-0.25, -0.2) is 13.6 Å². The number of ether oxygens (including phenoxy) is 1. The van der Waals surface area contributed by atoms with Crippen molar-refractivity contribution in [2.45, 2.75) is 30.6 Å². The zero-order valence-electron chi connectivity index (χ0n) is 11.4. The maximum Gasteiger partial charge on any atom is 0.241 e. The van der Waals surface area contributed by atoms with E-state index in [-0.39, 0.29) is 15.7 Å². The molecule has 0 spiro atoms. The van der Waals surface area contributed by atoms with Crippen LogP contribution in [0.2, 0.25) is 5.02 Å². The molecule has 2 aliphatic rings. The minimum absolute atomic E-state index is 0.0648. The van der Waals surface area contributed by atoms with Gasteiger partial charge in [0.05, 0.1) is 11.6 Å². The zero-order valence-corrected chi connectivity index (χ0v) is 14.5. The normalized spacial score (nSPS) is 28.0. The van der Waals surface area contributed by atoms with Crippen LogP contribution in [-0.4, -0.2) is 15.0 Å². The predicted octanol–water partition coefficient (Wildman–Crippen LogP) is 3.56. The predicted molar refractivity (Wildman–Crippen MR) is 85.0 cm³/mol. The molecule has 3 rings (SSSR count). The maximum absolute atomic E-state index is 11.7. The fraction of sp³-hybridized carbons (Fsp3) is 0.571. The van der Waals surface area contributed by atoms with Crippen LogP contribution in [-0.2, 0) is 10.0 Å². The van der Waals surface area contributed by atoms with Crippen molar-refractivity contribution >= 4 is 37.6 Å². The van der Waals surface area contributed by atoms with E-state index in [1.54, 1.807) is 6.07 Å². The molecule has 2 fully saturated rings. The molecule has 21 heavy (non-hydrogen) atoms. The Labute approximate surface area is 138 Å². The summed E-state index contributed by atoms with van der Waals surface area (Å²) in [5.74, 6) is 2.20. The van der Waals surface area contributed by atoms with Crippen LogP contribution in [0.15, 0.2) is 21.5 Å². The molecule has 2 N–H and O–H groups in total. The van der Waals surface area contributed by atoms with Gasteiger partial charge in [0.15, 0.2) is 5.75 Å². The Morgan fingerprint density at radius 3 is 2.67 bits per heavy atom. The van der Waals surface area contributed by atoms with Crippen molar-refractivity contribution in [3.8, 4) is 5.75 Å². The molecule has 4 nitrogen and oxygen atoms in total. The molecule has 1 aromatic rings. The van der Waals surface area contributed by atoms with Gasteiger partial charge in [0.25, 0.3) is 0 Å². The van der Waals surface area contributed by atoms with Gasteiger partial charge in [-0.3, -0.25) is 0 Å². The Kier molecular flexibility index (Phi) is 4.25. The molecule has 0 radical (unpaired) electrons. The molecule has 116 valence electrons. The van der Waals surface area contributed by atoms with Gasteiger partial charge < -0.3 is 4.74 Å². The van der Waals surface area contributed by atoms with Crippen LogP contribution in [0.25, 0.3) is 0 Å². The number of rotatable bonds is 4. The molecule has 0 aromatic heterocycles. The van der Waals surface area contributed by atoms with Gasteiger partial charge in [0.2, 0.25) is 10.0 Å². The third-order valence-corrected chi connectivity index (χ3v) is 6.26. The number of hydrogen-bond donors (Lipinski definition) is 1. The maximum atomic E-state index is 11.7. The first-order valence-electron chi connectivity index (χ1n) is 6.99. The van der Waals surface area contributed by atoms with Crippen LogP contribution >= 0.6 is 27.5 Å². The molecule has 7 heteroatoms. The third kappa shape index (κ3) is 3.23. The number of primary sulfonamides is 1. The van der Waals surface area contributed by atoms with Crippen molar-refractivity contribution in [2.24, 2.45) is 22.9 Å². The number of nitrogens with two attached hydrogens (primary N) is 1. The van der Waals surface area contributed by atoms with E-state index in [0.717, 1.165) is 5.92 Å². The van der Waals surface area contributed by atoms with E-state index in [1.165, 1.54) is 31.7 Å². The highest BCUT2D eigenvalue weighted by Gasteiger charge is 2.39. The number of benzene rings is 1. The van der Waals surface area contributed by atoms with Crippen molar-refractivity contribution in [3.63, 3.8) is 0 Å². The minimum Gasteiger partial charge on any atom is -0.490 e. The molecule has 2 bridgehead atoms. The minimum atomic E-state index is -3.87. The first-order valence-corrected chi connectivity index (χ1v) is 9.71. The largest absolute Gasteiger partial charge is 0.490 e. The lowest BCUT2D eigenvalue weighted by Gasteiger charge is -2.22. The van der Waals surface area contributed by atoms with E-state index in [9.17, 15) is 8.42 Å². The van der Waals surface area contributed by atoms with Crippen molar-refractivity contribution in [2.75, 3.05) is 6.61 Å². The Hall–Kier alpha value is -0.300. The molecular weight excluding hydrogens is 378 g/mol. The number of fused-ring (bicyclic) bond motifs is 2. The van der Waals surface area contributed by atoms with Crippen LogP contribution in [0.5, 0.6) is 5.75 Å². The van der Waals surface area contributed by atoms with Gasteiger partial charge >= 0.3 is 0 Å². The standard InChI is InChI=1S/C14H17BrClNO3S/c15-11-5-12(16)14(13(6-11)21(17,18)19)20-7-10-4-8-1-2-9(10)3-8/h5-6,8-10H,1-4,7H2,(H2,17,18,19). The van der Waals surface area contributed by atoms with Crippen LogP contribution in [0.4, 0.5) is 0 Å². The van der Waals surface area contributed by atoms with Gasteiger partial charge in [-0.15, -0.1) is 0 Å². The van der Waals surface area contributed by atoms with E-state index in [4.69, 9.17) is 21.5 Å². The summed E-state index contributed by atoms with van der Waals surface area (Å²) in [6, 6.07) is 3.05. The summed E-state index contributed by atoms with van der Waals surface area (Å²) in [6.45, 7) is 0.505. The quantitative estimate of drug-likeness (QED) is 0.849. The molecule has 3 atom stereocenters. The monoisotopic (exact) mass is 393 g/mol. The fourth-order valence-corrected chi connectivity index (χ4v) is 5.45. The van der Waals surface area contributed by atoms with Crippen molar-refractivity contribution in [3.05, 3.63) is 21.6 Å². The second kappa shape index (κ2) is 5.72. The summed E-state index contributed by atoms with van der Waals surface area (Å²) in [5.41, 5.74) is 0. The van der Waals surface area contributed by atoms with Crippen LogP contribution in [0, 0.1) is 17.8 Å². The summed E-state index contributed by atoms with van der Waals surface area (Å²) < 4.78 is 29.7. The second-order valence-electron chi connectivity index (χ2n) is 6.01. The zero-order chi connectivity index (χ0) is 15.2. The molecule has 0 amide bonds. The Morgan fingerprint density at radius 1 is 1.33 bits per heavy atom.